The van der Waals surface area contributed by atoms with Crippen LogP contribution in [0.4, 0.5) is 0 Å². The molecule has 0 bridgehead atoms. The van der Waals surface area contributed by atoms with Crippen LogP contribution in [0.2, 0.25) is 0 Å². The van der Waals surface area contributed by atoms with E-state index < -0.39 is 5.60 Å². The molecule has 98 valence electrons. The zero-order valence-electron chi connectivity index (χ0n) is 11.6. The van der Waals surface area contributed by atoms with Crippen LogP contribution in [0.1, 0.15) is 24.2 Å². The molecule has 0 aliphatic carbocycles. The first-order valence-electron chi connectivity index (χ1n) is 6.47. The zero-order valence-corrected chi connectivity index (χ0v) is 11.6. The molecule has 2 aromatic rings. The Morgan fingerprint density at radius 2 is 1.89 bits per heavy atom. The van der Waals surface area contributed by atoms with Gasteiger partial charge in [-0.1, -0.05) is 43.0 Å². The van der Waals surface area contributed by atoms with Crippen LogP contribution in [0.25, 0.3) is 10.8 Å². The Morgan fingerprint density at radius 3 is 2.58 bits per heavy atom. The Labute approximate surface area is 113 Å². The van der Waals surface area contributed by atoms with Crippen LogP contribution in [0.3, 0.4) is 0 Å². The lowest BCUT2D eigenvalue weighted by Gasteiger charge is -2.11. The number of aryl methyl sites for hydroxylation is 1. The molecule has 0 saturated carbocycles. The summed E-state index contributed by atoms with van der Waals surface area (Å²) in [5.74, 6) is 0.683. The first-order valence-corrected chi connectivity index (χ1v) is 6.47. The maximum absolute atomic E-state index is 5.87. The van der Waals surface area contributed by atoms with Crippen molar-refractivity contribution in [3.63, 3.8) is 0 Å². The molecular formula is C17H18O2. The van der Waals surface area contributed by atoms with Crippen LogP contribution in [0.5, 0.6) is 0 Å². The monoisotopic (exact) mass is 254 g/mol. The molecule has 19 heavy (non-hydrogen) atoms. The molecule has 1 fully saturated rings. The van der Waals surface area contributed by atoms with E-state index in [0.717, 1.165) is 0 Å². The number of epoxide rings is 1. The minimum atomic E-state index is -0.396. The van der Waals surface area contributed by atoms with Gasteiger partial charge in [-0.25, -0.2) is 0 Å². The summed E-state index contributed by atoms with van der Waals surface area (Å²) in [5.41, 5.74) is 2.10. The molecule has 2 unspecified atom stereocenters. The molecule has 1 aliphatic heterocycles. The van der Waals surface area contributed by atoms with Crippen LogP contribution in [0.15, 0.2) is 48.7 Å². The Morgan fingerprint density at radius 1 is 1.21 bits per heavy atom. The Hall–Kier alpha value is -1.80. The average molecular weight is 254 g/mol. The lowest BCUT2D eigenvalue weighted by atomic mass is 9.93. The summed E-state index contributed by atoms with van der Waals surface area (Å²) in [6.07, 6.45) is 0.0328. The van der Waals surface area contributed by atoms with E-state index in [4.69, 9.17) is 9.47 Å². The molecule has 0 aromatic heterocycles. The molecule has 1 saturated heterocycles. The lowest BCUT2D eigenvalue weighted by molar-refractivity contribution is 0.209. The van der Waals surface area contributed by atoms with Crippen molar-refractivity contribution >= 4 is 10.8 Å². The first kappa shape index (κ1) is 12.2. The maximum Gasteiger partial charge on any atom is 0.153 e. The summed E-state index contributed by atoms with van der Waals surface area (Å²) in [4.78, 5) is 0. The molecule has 2 nitrogen and oxygen atoms in total. The molecule has 0 N–H and O–H groups in total. The van der Waals surface area contributed by atoms with Crippen molar-refractivity contribution in [2.24, 2.45) is 0 Å². The van der Waals surface area contributed by atoms with Crippen molar-refractivity contribution in [3.05, 3.63) is 59.9 Å². The van der Waals surface area contributed by atoms with E-state index in [1.807, 2.05) is 6.92 Å². The molecule has 0 spiro atoms. The topological polar surface area (TPSA) is 21.8 Å². The van der Waals surface area contributed by atoms with Gasteiger partial charge in [-0.05, 0) is 35.7 Å². The van der Waals surface area contributed by atoms with Crippen molar-refractivity contribution < 1.29 is 9.47 Å². The predicted molar refractivity (Wildman–Crippen MR) is 77.1 cm³/mol. The summed E-state index contributed by atoms with van der Waals surface area (Å²) < 4.78 is 11.1. The predicted octanol–water partition coefficient (Wildman–Crippen LogP) is 4.14. The molecule has 2 atom stereocenters. The number of rotatable bonds is 3. The number of methoxy groups -OCH3 is 1. The molecule has 2 heteroatoms. The van der Waals surface area contributed by atoms with Gasteiger partial charge in [0.25, 0.3) is 0 Å². The molecule has 3 rings (SSSR count). The molecule has 2 aromatic carbocycles. The number of ether oxygens (including phenoxy) is 2. The smallest absolute Gasteiger partial charge is 0.153 e. The minimum absolute atomic E-state index is 0.0328. The summed E-state index contributed by atoms with van der Waals surface area (Å²) in [6.45, 7) is 8.09. The molecule has 1 heterocycles. The van der Waals surface area contributed by atoms with Gasteiger partial charge in [0.15, 0.2) is 5.60 Å². The third kappa shape index (κ3) is 1.75. The van der Waals surface area contributed by atoms with Gasteiger partial charge in [-0.3, -0.25) is 0 Å². The van der Waals surface area contributed by atoms with E-state index in [-0.39, 0.29) is 6.10 Å². The highest BCUT2D eigenvalue weighted by Crippen LogP contribution is 2.55. The Kier molecular flexibility index (Phi) is 2.64. The van der Waals surface area contributed by atoms with E-state index in [0.29, 0.717) is 5.76 Å². The normalized spacial score (nSPS) is 25.3. The van der Waals surface area contributed by atoms with E-state index in [9.17, 15) is 0 Å². The Balaban J connectivity index is 2.09. The quantitative estimate of drug-likeness (QED) is 0.606. The van der Waals surface area contributed by atoms with Crippen LogP contribution >= 0.6 is 0 Å². The number of fused-ring (bicyclic) bond motifs is 1. The van der Waals surface area contributed by atoms with Gasteiger partial charge >= 0.3 is 0 Å². The minimum Gasteiger partial charge on any atom is -0.499 e. The standard InChI is InChI=1S/C17H18O2/c1-11-9-10-15(14-8-6-5-7-13(11)14)16-17(3,19-16)12(2)18-4/h5-10,16H,2H2,1,3-4H3. The van der Waals surface area contributed by atoms with Crippen LogP contribution in [0, 0.1) is 6.92 Å². The van der Waals surface area contributed by atoms with Gasteiger partial charge < -0.3 is 9.47 Å². The summed E-state index contributed by atoms with van der Waals surface area (Å²) in [7, 11) is 1.64. The highest BCUT2D eigenvalue weighted by molar-refractivity contribution is 5.89. The summed E-state index contributed by atoms with van der Waals surface area (Å²) in [6, 6.07) is 12.7. The number of hydrogen-bond donors (Lipinski definition) is 0. The van der Waals surface area contributed by atoms with Gasteiger partial charge in [0, 0.05) is 0 Å². The first-order chi connectivity index (χ1) is 9.08. The third-order valence-corrected chi connectivity index (χ3v) is 4.06. The number of hydrogen-bond acceptors (Lipinski definition) is 2. The van der Waals surface area contributed by atoms with Crippen molar-refractivity contribution in [1.82, 2.24) is 0 Å². The van der Waals surface area contributed by atoms with Crippen LogP contribution < -0.4 is 0 Å². The van der Waals surface area contributed by atoms with Crippen molar-refractivity contribution in [2.75, 3.05) is 7.11 Å². The van der Waals surface area contributed by atoms with Crippen molar-refractivity contribution in [3.8, 4) is 0 Å². The lowest BCUT2D eigenvalue weighted by Crippen LogP contribution is -2.11. The van der Waals surface area contributed by atoms with Gasteiger partial charge in [0.05, 0.1) is 7.11 Å². The molecule has 1 aliphatic rings. The summed E-state index contributed by atoms with van der Waals surface area (Å²) in [5, 5.41) is 2.53. The average Bonchev–Trinajstić information content (AvgIpc) is 3.12. The largest absolute Gasteiger partial charge is 0.499 e. The van der Waals surface area contributed by atoms with Gasteiger partial charge in [-0.2, -0.15) is 0 Å². The van der Waals surface area contributed by atoms with E-state index in [1.54, 1.807) is 7.11 Å². The Bertz CT molecular complexity index is 659. The SMILES string of the molecule is C=C(OC)C1(C)OC1c1ccc(C)c2ccccc12. The second-order valence-electron chi connectivity index (χ2n) is 5.25. The molecule has 0 amide bonds. The van der Waals surface area contributed by atoms with Crippen LogP contribution in [-0.4, -0.2) is 12.7 Å². The fraction of sp³-hybridized carbons (Fsp3) is 0.294. The highest BCUT2D eigenvalue weighted by Gasteiger charge is 2.57. The van der Waals surface area contributed by atoms with E-state index >= 15 is 0 Å². The zero-order chi connectivity index (χ0) is 13.6. The molecule has 0 radical (unpaired) electrons. The van der Waals surface area contributed by atoms with Gasteiger partial charge in [-0.15, -0.1) is 0 Å². The number of benzene rings is 2. The second-order valence-corrected chi connectivity index (χ2v) is 5.25. The maximum atomic E-state index is 5.87. The van der Waals surface area contributed by atoms with E-state index in [1.165, 1.54) is 21.9 Å². The summed E-state index contributed by atoms with van der Waals surface area (Å²) >= 11 is 0. The van der Waals surface area contributed by atoms with Crippen molar-refractivity contribution in [1.29, 1.82) is 0 Å². The fourth-order valence-corrected chi connectivity index (χ4v) is 2.69. The molecular weight excluding hydrogens is 236 g/mol. The van der Waals surface area contributed by atoms with E-state index in [2.05, 4.69) is 49.9 Å². The van der Waals surface area contributed by atoms with Gasteiger partial charge in [0.1, 0.15) is 11.9 Å². The second kappa shape index (κ2) is 4.10. The van der Waals surface area contributed by atoms with Crippen molar-refractivity contribution in [2.45, 2.75) is 25.6 Å². The third-order valence-electron chi connectivity index (χ3n) is 4.06. The van der Waals surface area contributed by atoms with Crippen LogP contribution in [-0.2, 0) is 9.47 Å². The highest BCUT2D eigenvalue weighted by atomic mass is 16.6. The fourth-order valence-electron chi connectivity index (χ4n) is 2.69. The van der Waals surface area contributed by atoms with Gasteiger partial charge in [0.2, 0.25) is 0 Å².